The molecule has 1 atom stereocenters. The zero-order valence-corrected chi connectivity index (χ0v) is 15.8. The van der Waals surface area contributed by atoms with Crippen LogP contribution in [0.3, 0.4) is 0 Å². The first kappa shape index (κ1) is 17.5. The summed E-state index contributed by atoms with van der Waals surface area (Å²) in [6.45, 7) is 2.05. The van der Waals surface area contributed by atoms with Crippen molar-refractivity contribution in [1.82, 2.24) is 5.32 Å². The fraction of sp³-hybridized carbons (Fsp3) is 0.182. The summed E-state index contributed by atoms with van der Waals surface area (Å²) in [6.07, 6.45) is 1.12. The van der Waals surface area contributed by atoms with Crippen LogP contribution in [0.1, 0.15) is 44.4 Å². The summed E-state index contributed by atoms with van der Waals surface area (Å²) in [6, 6.07) is 17.5. The Balaban J connectivity index is 1.60. The Bertz CT molecular complexity index is 978. The van der Waals surface area contributed by atoms with E-state index in [0.717, 1.165) is 21.7 Å². The number of hydrogen-bond acceptors (Lipinski definition) is 3. The van der Waals surface area contributed by atoms with Crippen LogP contribution in [-0.4, -0.2) is 11.8 Å². The Labute approximate surface area is 162 Å². The molecule has 27 heavy (non-hydrogen) atoms. The molecule has 1 aromatic heterocycles. The number of thiophene rings is 1. The Hall–Kier alpha value is -2.92. The van der Waals surface area contributed by atoms with Crippen LogP contribution in [0.25, 0.3) is 0 Å². The van der Waals surface area contributed by atoms with Gasteiger partial charge >= 0.3 is 0 Å². The number of fused-ring (bicyclic) bond motifs is 1. The molecule has 0 bridgehead atoms. The van der Waals surface area contributed by atoms with E-state index < -0.39 is 0 Å². The standard InChI is InChI=1S/C22H20N2O2S/c1-14-4-6-15(7-5-14)21(19-3-2-12-27-19)24-22(26)17-8-10-18-16(13-17)9-11-20(25)23-18/h2-8,10,12-13,21H,9,11H2,1H3,(H,23,25)(H,24,26). The SMILES string of the molecule is Cc1ccc(C(NC(=O)c2ccc3c(c2)CCC(=O)N3)c2cccs2)cc1. The second-order valence-corrected chi connectivity index (χ2v) is 7.73. The molecule has 2 aromatic carbocycles. The number of anilines is 1. The first-order valence-corrected chi connectivity index (χ1v) is 9.82. The highest BCUT2D eigenvalue weighted by atomic mass is 32.1. The number of carbonyl (C=O) groups excluding carboxylic acids is 2. The van der Waals surface area contributed by atoms with Crippen molar-refractivity contribution in [3.05, 3.63) is 87.1 Å². The summed E-state index contributed by atoms with van der Waals surface area (Å²) in [5, 5.41) is 8.04. The van der Waals surface area contributed by atoms with Gasteiger partial charge < -0.3 is 10.6 Å². The van der Waals surface area contributed by atoms with Gasteiger partial charge in [0.15, 0.2) is 0 Å². The fourth-order valence-electron chi connectivity index (χ4n) is 3.27. The maximum Gasteiger partial charge on any atom is 0.252 e. The molecule has 0 aliphatic carbocycles. The van der Waals surface area contributed by atoms with Gasteiger partial charge in [0.1, 0.15) is 0 Å². The smallest absolute Gasteiger partial charge is 0.252 e. The molecule has 136 valence electrons. The Kier molecular flexibility index (Phi) is 4.77. The summed E-state index contributed by atoms with van der Waals surface area (Å²) in [5.41, 5.74) is 4.66. The molecule has 4 rings (SSSR count). The van der Waals surface area contributed by atoms with Crippen LogP contribution in [0.5, 0.6) is 0 Å². The lowest BCUT2D eigenvalue weighted by molar-refractivity contribution is -0.116. The third-order valence-electron chi connectivity index (χ3n) is 4.78. The van der Waals surface area contributed by atoms with E-state index in [-0.39, 0.29) is 17.9 Å². The molecule has 0 saturated carbocycles. The molecule has 0 saturated heterocycles. The number of amides is 2. The molecule has 1 unspecified atom stereocenters. The summed E-state index contributed by atoms with van der Waals surface area (Å²) in [4.78, 5) is 25.6. The molecule has 4 nitrogen and oxygen atoms in total. The Morgan fingerprint density at radius 1 is 1.11 bits per heavy atom. The molecular formula is C22H20N2O2S. The largest absolute Gasteiger partial charge is 0.340 e. The molecule has 0 spiro atoms. The van der Waals surface area contributed by atoms with Crippen molar-refractivity contribution in [3.63, 3.8) is 0 Å². The van der Waals surface area contributed by atoms with Gasteiger partial charge in [0, 0.05) is 22.5 Å². The highest BCUT2D eigenvalue weighted by Gasteiger charge is 2.21. The molecule has 2 N–H and O–H groups in total. The normalized spacial score (nSPS) is 14.2. The van der Waals surface area contributed by atoms with Gasteiger partial charge in [-0.15, -0.1) is 11.3 Å². The van der Waals surface area contributed by atoms with E-state index in [1.54, 1.807) is 17.4 Å². The maximum atomic E-state index is 12.9. The van der Waals surface area contributed by atoms with Crippen molar-refractivity contribution in [1.29, 1.82) is 0 Å². The quantitative estimate of drug-likeness (QED) is 0.706. The van der Waals surface area contributed by atoms with Crippen LogP contribution in [0, 0.1) is 6.92 Å². The van der Waals surface area contributed by atoms with Crippen molar-refractivity contribution in [3.8, 4) is 0 Å². The molecule has 5 heteroatoms. The van der Waals surface area contributed by atoms with Gasteiger partial charge in [-0.05, 0) is 54.1 Å². The van der Waals surface area contributed by atoms with Gasteiger partial charge in [-0.25, -0.2) is 0 Å². The highest BCUT2D eigenvalue weighted by Crippen LogP contribution is 2.28. The summed E-state index contributed by atoms with van der Waals surface area (Å²) < 4.78 is 0. The lowest BCUT2D eigenvalue weighted by Crippen LogP contribution is -2.29. The van der Waals surface area contributed by atoms with Gasteiger partial charge in [0.2, 0.25) is 5.91 Å². The fourth-order valence-corrected chi connectivity index (χ4v) is 4.07. The third kappa shape index (κ3) is 3.78. The van der Waals surface area contributed by atoms with E-state index in [0.29, 0.717) is 18.4 Å². The van der Waals surface area contributed by atoms with Gasteiger partial charge in [-0.1, -0.05) is 35.9 Å². The average Bonchev–Trinajstić information content (AvgIpc) is 3.21. The van der Waals surface area contributed by atoms with Crippen LogP contribution in [-0.2, 0) is 11.2 Å². The van der Waals surface area contributed by atoms with Crippen LogP contribution in [0.15, 0.2) is 60.0 Å². The van der Waals surface area contributed by atoms with E-state index in [1.807, 2.05) is 29.6 Å². The van der Waals surface area contributed by atoms with E-state index in [4.69, 9.17) is 0 Å². The molecule has 3 aromatic rings. The number of nitrogens with one attached hydrogen (secondary N) is 2. The number of carbonyl (C=O) groups is 2. The summed E-state index contributed by atoms with van der Waals surface area (Å²) in [7, 11) is 0. The van der Waals surface area contributed by atoms with Crippen LogP contribution < -0.4 is 10.6 Å². The zero-order chi connectivity index (χ0) is 18.8. The molecule has 0 radical (unpaired) electrons. The predicted molar refractivity (Wildman–Crippen MR) is 108 cm³/mol. The maximum absolute atomic E-state index is 12.9. The minimum absolute atomic E-state index is 0.0248. The van der Waals surface area contributed by atoms with Crippen molar-refractivity contribution in [2.24, 2.45) is 0 Å². The minimum Gasteiger partial charge on any atom is -0.340 e. The van der Waals surface area contributed by atoms with E-state index in [9.17, 15) is 9.59 Å². The minimum atomic E-state index is -0.186. The first-order chi connectivity index (χ1) is 13.1. The predicted octanol–water partition coefficient (Wildman–Crippen LogP) is 4.46. The van der Waals surface area contributed by atoms with Gasteiger partial charge in [0.25, 0.3) is 5.91 Å². The van der Waals surface area contributed by atoms with Crippen molar-refractivity contribution >= 4 is 28.8 Å². The molecule has 2 amide bonds. The molecule has 1 aliphatic heterocycles. The molecular weight excluding hydrogens is 356 g/mol. The number of hydrogen-bond donors (Lipinski definition) is 2. The number of rotatable bonds is 4. The zero-order valence-electron chi connectivity index (χ0n) is 15.0. The van der Waals surface area contributed by atoms with Crippen molar-refractivity contribution in [2.75, 3.05) is 5.32 Å². The van der Waals surface area contributed by atoms with Gasteiger partial charge in [-0.3, -0.25) is 9.59 Å². The number of benzene rings is 2. The van der Waals surface area contributed by atoms with E-state index in [2.05, 4.69) is 41.8 Å². The van der Waals surface area contributed by atoms with Crippen LogP contribution >= 0.6 is 11.3 Å². The second kappa shape index (κ2) is 7.37. The molecule has 2 heterocycles. The van der Waals surface area contributed by atoms with Crippen molar-refractivity contribution in [2.45, 2.75) is 25.8 Å². The first-order valence-electron chi connectivity index (χ1n) is 8.94. The van der Waals surface area contributed by atoms with Crippen molar-refractivity contribution < 1.29 is 9.59 Å². The lowest BCUT2D eigenvalue weighted by atomic mass is 9.99. The average molecular weight is 376 g/mol. The summed E-state index contributed by atoms with van der Waals surface area (Å²) >= 11 is 1.63. The molecule has 0 fully saturated rings. The monoisotopic (exact) mass is 376 g/mol. The highest BCUT2D eigenvalue weighted by molar-refractivity contribution is 7.10. The lowest BCUT2D eigenvalue weighted by Gasteiger charge is -2.20. The topological polar surface area (TPSA) is 58.2 Å². The summed E-state index contributed by atoms with van der Waals surface area (Å²) in [5.74, 6) is -0.0921. The number of aryl methyl sites for hydroxylation is 2. The third-order valence-corrected chi connectivity index (χ3v) is 5.71. The van der Waals surface area contributed by atoms with Gasteiger partial charge in [-0.2, -0.15) is 0 Å². The molecule has 1 aliphatic rings. The second-order valence-electron chi connectivity index (χ2n) is 6.75. The van der Waals surface area contributed by atoms with E-state index >= 15 is 0 Å². The van der Waals surface area contributed by atoms with E-state index in [1.165, 1.54) is 5.56 Å². The van der Waals surface area contributed by atoms with Crippen LogP contribution in [0.4, 0.5) is 5.69 Å². The van der Waals surface area contributed by atoms with Gasteiger partial charge in [0.05, 0.1) is 6.04 Å². The Morgan fingerprint density at radius 2 is 1.93 bits per heavy atom. The van der Waals surface area contributed by atoms with Crippen LogP contribution in [0.2, 0.25) is 0 Å². The Morgan fingerprint density at radius 3 is 2.67 bits per heavy atom.